The number of nitrogens with zero attached hydrogens (tertiary/aromatic N) is 3. The van der Waals surface area contributed by atoms with Crippen molar-refractivity contribution in [3.63, 3.8) is 0 Å². The Labute approximate surface area is 161 Å². The quantitative estimate of drug-likeness (QED) is 0.615. The average molecular weight is 416 g/mol. The maximum atomic E-state index is 13.1. The lowest BCUT2D eigenvalue weighted by atomic mass is 10.1. The number of rotatable bonds is 5. The van der Waals surface area contributed by atoms with Crippen LogP contribution in [0.3, 0.4) is 0 Å². The molecule has 0 N–H and O–H groups in total. The molecule has 0 saturated heterocycles. The van der Waals surface area contributed by atoms with Crippen molar-refractivity contribution in [3.05, 3.63) is 57.9 Å². The first-order valence-electron chi connectivity index (χ1n) is 8.50. The smallest absolute Gasteiger partial charge is 0.257 e. The van der Waals surface area contributed by atoms with Crippen LogP contribution in [0.25, 0.3) is 11.0 Å². The number of carbonyl (C=O) groups is 1. The molecule has 6 heteroatoms. The summed E-state index contributed by atoms with van der Waals surface area (Å²) in [6.45, 7) is 2.55. The number of halogens is 1. The second-order valence-corrected chi connectivity index (χ2v) is 7.35. The van der Waals surface area contributed by atoms with E-state index in [-0.39, 0.29) is 5.91 Å². The third kappa shape index (κ3) is 3.46. The number of carbonyl (C=O) groups excluding carboxylic acids is 1. The summed E-state index contributed by atoms with van der Waals surface area (Å²) in [5, 5.41) is 1.06. The van der Waals surface area contributed by atoms with E-state index in [0.717, 1.165) is 33.2 Å². The number of amides is 1. The molecule has 0 unspecified atom stereocenters. The molecule has 0 spiro atoms. The van der Waals surface area contributed by atoms with Crippen LogP contribution in [0.2, 0.25) is 0 Å². The second-order valence-electron chi connectivity index (χ2n) is 6.43. The Kier molecular flexibility index (Phi) is 5.32. The van der Waals surface area contributed by atoms with Crippen molar-refractivity contribution in [3.8, 4) is 0 Å². The zero-order valence-corrected chi connectivity index (χ0v) is 17.0. The predicted molar refractivity (Wildman–Crippen MR) is 108 cm³/mol. The molecule has 1 amide bonds. The van der Waals surface area contributed by atoms with Gasteiger partial charge in [-0.1, -0.05) is 25.1 Å². The molecule has 0 fully saturated rings. The molecule has 3 aromatic rings. The minimum atomic E-state index is -0.0742. The van der Waals surface area contributed by atoms with E-state index >= 15 is 0 Å². The molecule has 136 valence electrons. The Bertz CT molecular complexity index is 949. The molecule has 2 heterocycles. The van der Waals surface area contributed by atoms with E-state index in [1.807, 2.05) is 56.4 Å². The number of para-hydroxylation sites is 1. The molecule has 0 aliphatic heterocycles. The van der Waals surface area contributed by atoms with E-state index in [4.69, 9.17) is 4.42 Å². The van der Waals surface area contributed by atoms with Gasteiger partial charge in [-0.05, 0) is 28.1 Å². The van der Waals surface area contributed by atoms with Crippen molar-refractivity contribution in [1.82, 2.24) is 9.88 Å². The highest BCUT2D eigenvalue weighted by Crippen LogP contribution is 2.28. The Morgan fingerprint density at radius 3 is 2.65 bits per heavy atom. The first-order chi connectivity index (χ1) is 12.4. The summed E-state index contributed by atoms with van der Waals surface area (Å²) < 4.78 is 6.73. The van der Waals surface area contributed by atoms with Crippen molar-refractivity contribution in [2.75, 3.05) is 26.0 Å². The minimum absolute atomic E-state index is 0.0742. The van der Waals surface area contributed by atoms with Gasteiger partial charge in [-0.15, -0.1) is 0 Å². The third-order valence-corrected chi connectivity index (χ3v) is 4.77. The van der Waals surface area contributed by atoms with E-state index in [2.05, 4.69) is 27.8 Å². The van der Waals surface area contributed by atoms with Crippen molar-refractivity contribution in [1.29, 1.82) is 0 Å². The van der Waals surface area contributed by atoms with Gasteiger partial charge in [0.1, 0.15) is 17.2 Å². The lowest BCUT2D eigenvalue weighted by Gasteiger charge is -2.21. The van der Waals surface area contributed by atoms with Gasteiger partial charge in [0.2, 0.25) is 0 Å². The lowest BCUT2D eigenvalue weighted by Crippen LogP contribution is -2.28. The zero-order chi connectivity index (χ0) is 18.8. The SMILES string of the molecule is CCc1oc2ccccc2c1CN(C)C(=O)c1cc(Br)cnc1N(C)C. The number of anilines is 1. The largest absolute Gasteiger partial charge is 0.461 e. The summed E-state index contributed by atoms with van der Waals surface area (Å²) in [4.78, 5) is 21.0. The molecule has 0 radical (unpaired) electrons. The summed E-state index contributed by atoms with van der Waals surface area (Å²) in [6.07, 6.45) is 2.48. The van der Waals surface area contributed by atoms with Crippen LogP contribution in [-0.2, 0) is 13.0 Å². The molecule has 26 heavy (non-hydrogen) atoms. The number of furan rings is 1. The number of benzene rings is 1. The topological polar surface area (TPSA) is 49.6 Å². The molecule has 0 aliphatic rings. The molecule has 2 aromatic heterocycles. The number of pyridine rings is 1. The first kappa shape index (κ1) is 18.5. The summed E-state index contributed by atoms with van der Waals surface area (Å²) >= 11 is 3.41. The van der Waals surface area contributed by atoms with Crippen LogP contribution in [-0.4, -0.2) is 36.9 Å². The normalized spacial score (nSPS) is 11.0. The summed E-state index contributed by atoms with van der Waals surface area (Å²) in [5.41, 5.74) is 2.49. The van der Waals surface area contributed by atoms with Crippen LogP contribution in [0.4, 0.5) is 5.82 Å². The number of aromatic nitrogens is 1. The van der Waals surface area contributed by atoms with Crippen molar-refractivity contribution >= 4 is 38.6 Å². The summed E-state index contributed by atoms with van der Waals surface area (Å²) in [7, 11) is 5.57. The third-order valence-electron chi connectivity index (χ3n) is 4.33. The number of aryl methyl sites for hydroxylation is 1. The monoisotopic (exact) mass is 415 g/mol. The fourth-order valence-corrected chi connectivity index (χ4v) is 3.40. The summed E-state index contributed by atoms with van der Waals surface area (Å²) in [6, 6.07) is 9.76. The molecule has 0 atom stereocenters. The van der Waals surface area contributed by atoms with Crippen LogP contribution in [0, 0.1) is 0 Å². The maximum Gasteiger partial charge on any atom is 0.257 e. The Morgan fingerprint density at radius 2 is 1.96 bits per heavy atom. The number of fused-ring (bicyclic) bond motifs is 1. The van der Waals surface area contributed by atoms with Crippen LogP contribution in [0.5, 0.6) is 0 Å². The Morgan fingerprint density at radius 1 is 1.23 bits per heavy atom. The van der Waals surface area contributed by atoms with Gasteiger partial charge >= 0.3 is 0 Å². The van der Waals surface area contributed by atoms with Gasteiger partial charge in [-0.2, -0.15) is 0 Å². The van der Waals surface area contributed by atoms with Gasteiger partial charge in [-0.3, -0.25) is 4.79 Å². The fourth-order valence-electron chi connectivity index (χ4n) is 3.07. The molecular weight excluding hydrogens is 394 g/mol. The standard InChI is InChI=1S/C20H22BrN3O2/c1-5-17-16(14-8-6-7-9-18(14)26-17)12-24(4)20(25)15-10-13(21)11-22-19(15)23(2)3/h6-11H,5,12H2,1-4H3. The molecule has 1 aromatic carbocycles. The van der Waals surface area contributed by atoms with Gasteiger partial charge in [0.05, 0.1) is 5.56 Å². The van der Waals surface area contributed by atoms with E-state index in [1.165, 1.54) is 0 Å². The molecular formula is C20H22BrN3O2. The first-order valence-corrected chi connectivity index (χ1v) is 9.29. The zero-order valence-electron chi connectivity index (χ0n) is 15.4. The average Bonchev–Trinajstić information content (AvgIpc) is 2.98. The van der Waals surface area contributed by atoms with E-state index in [0.29, 0.717) is 17.9 Å². The highest BCUT2D eigenvalue weighted by molar-refractivity contribution is 9.10. The van der Waals surface area contributed by atoms with E-state index in [9.17, 15) is 4.79 Å². The summed E-state index contributed by atoms with van der Waals surface area (Å²) in [5.74, 6) is 1.50. The van der Waals surface area contributed by atoms with Crippen LogP contribution >= 0.6 is 15.9 Å². The molecule has 3 rings (SSSR count). The van der Waals surface area contributed by atoms with Gasteiger partial charge < -0.3 is 14.2 Å². The molecule has 0 bridgehead atoms. The van der Waals surface area contributed by atoms with Gasteiger partial charge in [0.15, 0.2) is 0 Å². The lowest BCUT2D eigenvalue weighted by molar-refractivity contribution is 0.0785. The predicted octanol–water partition coefficient (Wildman–Crippen LogP) is 4.49. The number of hydrogen-bond donors (Lipinski definition) is 0. The van der Waals surface area contributed by atoms with Gasteiger partial charge in [-0.25, -0.2) is 4.98 Å². The van der Waals surface area contributed by atoms with Crippen LogP contribution in [0.1, 0.15) is 28.6 Å². The second kappa shape index (κ2) is 7.50. The molecule has 5 nitrogen and oxygen atoms in total. The highest BCUT2D eigenvalue weighted by atomic mass is 79.9. The van der Waals surface area contributed by atoms with Crippen molar-refractivity contribution < 1.29 is 9.21 Å². The van der Waals surface area contributed by atoms with Gasteiger partial charge in [0, 0.05) is 55.7 Å². The van der Waals surface area contributed by atoms with E-state index < -0.39 is 0 Å². The highest BCUT2D eigenvalue weighted by Gasteiger charge is 2.21. The van der Waals surface area contributed by atoms with Crippen molar-refractivity contribution in [2.45, 2.75) is 19.9 Å². The van der Waals surface area contributed by atoms with Crippen molar-refractivity contribution in [2.24, 2.45) is 0 Å². The minimum Gasteiger partial charge on any atom is -0.461 e. The van der Waals surface area contributed by atoms with Crippen LogP contribution < -0.4 is 4.90 Å². The molecule has 0 aliphatic carbocycles. The Balaban J connectivity index is 1.95. The van der Waals surface area contributed by atoms with Crippen LogP contribution in [0.15, 0.2) is 45.4 Å². The Hall–Kier alpha value is -2.34. The maximum absolute atomic E-state index is 13.1. The molecule has 0 saturated carbocycles. The van der Waals surface area contributed by atoms with E-state index in [1.54, 1.807) is 11.1 Å². The van der Waals surface area contributed by atoms with Gasteiger partial charge in [0.25, 0.3) is 5.91 Å². The number of hydrogen-bond acceptors (Lipinski definition) is 4. The fraction of sp³-hybridized carbons (Fsp3) is 0.300.